The molecule has 2 heteroatoms. The second kappa shape index (κ2) is 5.75. The highest BCUT2D eigenvalue weighted by Crippen LogP contribution is 2.29. The number of benzene rings is 1. The van der Waals surface area contributed by atoms with Gasteiger partial charge in [0, 0.05) is 11.6 Å². The lowest BCUT2D eigenvalue weighted by atomic mass is 9.81. The van der Waals surface area contributed by atoms with Crippen molar-refractivity contribution in [1.29, 1.82) is 5.26 Å². The van der Waals surface area contributed by atoms with Crippen molar-refractivity contribution >= 4 is 0 Å². The van der Waals surface area contributed by atoms with Gasteiger partial charge >= 0.3 is 0 Å². The molecule has 0 spiro atoms. The Kier molecular flexibility index (Phi) is 4.76. The van der Waals surface area contributed by atoms with Gasteiger partial charge in [0.25, 0.3) is 0 Å². The fraction of sp³-hybridized carbons (Fsp3) is 0.588. The normalized spacial score (nSPS) is 13.9. The van der Waals surface area contributed by atoms with Crippen LogP contribution in [-0.4, -0.2) is 5.54 Å². The average Bonchev–Trinajstić information content (AvgIpc) is 2.25. The van der Waals surface area contributed by atoms with Crippen molar-refractivity contribution in [3.05, 3.63) is 35.4 Å². The maximum absolute atomic E-state index is 8.82. The zero-order valence-corrected chi connectivity index (χ0v) is 13.0. The molecule has 1 aromatic rings. The predicted octanol–water partition coefficient (Wildman–Crippen LogP) is 4.42. The van der Waals surface area contributed by atoms with Gasteiger partial charge < -0.3 is 5.32 Å². The lowest BCUT2D eigenvalue weighted by Gasteiger charge is -2.36. The molecule has 0 saturated carbocycles. The van der Waals surface area contributed by atoms with Gasteiger partial charge in [0.15, 0.2) is 0 Å². The van der Waals surface area contributed by atoms with Crippen molar-refractivity contribution in [2.45, 2.75) is 59.5 Å². The van der Waals surface area contributed by atoms with Gasteiger partial charge in [0.05, 0.1) is 11.6 Å². The van der Waals surface area contributed by atoms with Gasteiger partial charge in [0.1, 0.15) is 0 Å². The SMILES string of the molecule is CC(NC(C)(C)CC(C)(C)C)c1ccc(C#N)cc1. The van der Waals surface area contributed by atoms with Crippen LogP contribution in [0, 0.1) is 16.7 Å². The van der Waals surface area contributed by atoms with E-state index in [-0.39, 0.29) is 11.6 Å². The molecule has 0 aliphatic rings. The second-order valence-electron chi connectivity index (χ2n) is 7.22. The largest absolute Gasteiger partial charge is 0.305 e. The van der Waals surface area contributed by atoms with E-state index in [1.54, 1.807) is 0 Å². The molecular weight excluding hydrogens is 232 g/mol. The number of nitrogens with one attached hydrogen (secondary N) is 1. The van der Waals surface area contributed by atoms with Crippen molar-refractivity contribution in [3.63, 3.8) is 0 Å². The maximum Gasteiger partial charge on any atom is 0.0991 e. The Balaban J connectivity index is 2.73. The van der Waals surface area contributed by atoms with Gasteiger partial charge in [-0.05, 0) is 50.3 Å². The zero-order chi connectivity index (χ0) is 14.7. The Hall–Kier alpha value is -1.33. The van der Waals surface area contributed by atoms with Crippen LogP contribution >= 0.6 is 0 Å². The summed E-state index contributed by atoms with van der Waals surface area (Å²) >= 11 is 0. The van der Waals surface area contributed by atoms with E-state index in [1.807, 2.05) is 24.3 Å². The first-order chi connectivity index (χ1) is 8.63. The lowest BCUT2D eigenvalue weighted by molar-refractivity contribution is 0.227. The molecule has 0 amide bonds. The fourth-order valence-electron chi connectivity index (χ4n) is 2.89. The first-order valence-electron chi connectivity index (χ1n) is 6.91. The van der Waals surface area contributed by atoms with Crippen LogP contribution < -0.4 is 5.32 Å². The van der Waals surface area contributed by atoms with Gasteiger partial charge in [-0.1, -0.05) is 32.9 Å². The molecule has 1 rings (SSSR count). The summed E-state index contributed by atoms with van der Waals surface area (Å²) in [7, 11) is 0. The van der Waals surface area contributed by atoms with Crippen LogP contribution in [0.2, 0.25) is 0 Å². The molecule has 19 heavy (non-hydrogen) atoms. The smallest absolute Gasteiger partial charge is 0.0991 e. The minimum Gasteiger partial charge on any atom is -0.305 e. The number of rotatable bonds is 4. The molecule has 0 aliphatic heterocycles. The van der Waals surface area contributed by atoms with E-state index in [1.165, 1.54) is 5.56 Å². The molecule has 0 heterocycles. The molecule has 0 fully saturated rings. The molecule has 0 saturated heterocycles. The number of hydrogen-bond donors (Lipinski definition) is 1. The van der Waals surface area contributed by atoms with Gasteiger partial charge in [0.2, 0.25) is 0 Å². The molecule has 1 N–H and O–H groups in total. The highest BCUT2D eigenvalue weighted by molar-refractivity contribution is 5.32. The summed E-state index contributed by atoms with van der Waals surface area (Å²) < 4.78 is 0. The summed E-state index contributed by atoms with van der Waals surface area (Å²) in [5.74, 6) is 0. The van der Waals surface area contributed by atoms with Crippen LogP contribution in [0.3, 0.4) is 0 Å². The third-order valence-electron chi connectivity index (χ3n) is 3.12. The molecular formula is C17H26N2. The predicted molar refractivity (Wildman–Crippen MR) is 80.9 cm³/mol. The summed E-state index contributed by atoms with van der Waals surface area (Å²) in [5.41, 5.74) is 2.33. The van der Waals surface area contributed by atoms with Crippen molar-refractivity contribution in [3.8, 4) is 6.07 Å². The van der Waals surface area contributed by atoms with Gasteiger partial charge in [-0.2, -0.15) is 5.26 Å². The number of nitriles is 1. The Morgan fingerprint density at radius 2 is 1.63 bits per heavy atom. The van der Waals surface area contributed by atoms with Crippen molar-refractivity contribution in [2.75, 3.05) is 0 Å². The first-order valence-corrected chi connectivity index (χ1v) is 6.91. The highest BCUT2D eigenvalue weighted by atomic mass is 15.0. The van der Waals surface area contributed by atoms with Crippen LogP contribution in [0.15, 0.2) is 24.3 Å². The summed E-state index contributed by atoms with van der Waals surface area (Å²) in [6.07, 6.45) is 1.11. The van der Waals surface area contributed by atoms with Crippen LogP contribution in [-0.2, 0) is 0 Å². The Morgan fingerprint density at radius 1 is 1.11 bits per heavy atom. The average molecular weight is 258 g/mol. The third kappa shape index (κ3) is 5.44. The van der Waals surface area contributed by atoms with E-state index in [0.29, 0.717) is 11.0 Å². The van der Waals surface area contributed by atoms with Crippen LogP contribution in [0.4, 0.5) is 0 Å². The van der Waals surface area contributed by atoms with Crippen molar-refractivity contribution in [1.82, 2.24) is 5.32 Å². The zero-order valence-electron chi connectivity index (χ0n) is 13.0. The number of nitrogens with zero attached hydrogens (tertiary/aromatic N) is 1. The fourth-order valence-corrected chi connectivity index (χ4v) is 2.89. The van der Waals surface area contributed by atoms with Gasteiger partial charge in [-0.25, -0.2) is 0 Å². The molecule has 0 radical (unpaired) electrons. The minimum atomic E-state index is 0.0889. The molecule has 1 atom stereocenters. The van der Waals surface area contributed by atoms with E-state index in [0.717, 1.165) is 6.42 Å². The second-order valence-corrected chi connectivity index (χ2v) is 7.22. The Labute approximate surface area is 117 Å². The third-order valence-corrected chi connectivity index (χ3v) is 3.12. The molecule has 1 unspecified atom stereocenters. The summed E-state index contributed by atoms with van der Waals surface area (Å²) in [6, 6.07) is 10.3. The first kappa shape index (κ1) is 15.7. The monoisotopic (exact) mass is 258 g/mol. The Morgan fingerprint density at radius 3 is 2.05 bits per heavy atom. The molecule has 0 aromatic heterocycles. The standard InChI is InChI=1S/C17H26N2/c1-13(15-9-7-14(11-18)8-10-15)19-17(5,6)12-16(2,3)4/h7-10,13,19H,12H2,1-6H3. The molecule has 1 aromatic carbocycles. The molecule has 104 valence electrons. The summed E-state index contributed by atoms with van der Waals surface area (Å²) in [5, 5.41) is 12.5. The van der Waals surface area contributed by atoms with E-state index >= 15 is 0 Å². The minimum absolute atomic E-state index is 0.0889. The van der Waals surface area contributed by atoms with Crippen LogP contribution in [0.25, 0.3) is 0 Å². The maximum atomic E-state index is 8.82. The number of hydrogen-bond acceptors (Lipinski definition) is 2. The highest BCUT2D eigenvalue weighted by Gasteiger charge is 2.26. The molecule has 2 nitrogen and oxygen atoms in total. The van der Waals surface area contributed by atoms with E-state index in [2.05, 4.69) is 52.9 Å². The van der Waals surface area contributed by atoms with Crippen LogP contribution in [0.5, 0.6) is 0 Å². The van der Waals surface area contributed by atoms with E-state index in [4.69, 9.17) is 5.26 Å². The Bertz CT molecular complexity index is 444. The molecule has 0 bridgehead atoms. The quantitative estimate of drug-likeness (QED) is 0.867. The van der Waals surface area contributed by atoms with Gasteiger partial charge in [-0.3, -0.25) is 0 Å². The lowest BCUT2D eigenvalue weighted by Crippen LogP contribution is -2.43. The van der Waals surface area contributed by atoms with Crippen LogP contribution in [0.1, 0.15) is 65.1 Å². The van der Waals surface area contributed by atoms with Crippen molar-refractivity contribution < 1.29 is 0 Å². The molecule has 0 aliphatic carbocycles. The van der Waals surface area contributed by atoms with Gasteiger partial charge in [-0.15, -0.1) is 0 Å². The summed E-state index contributed by atoms with van der Waals surface area (Å²) in [4.78, 5) is 0. The summed E-state index contributed by atoms with van der Waals surface area (Å²) in [6.45, 7) is 13.5. The topological polar surface area (TPSA) is 35.8 Å². The van der Waals surface area contributed by atoms with Crippen molar-refractivity contribution in [2.24, 2.45) is 5.41 Å². The van der Waals surface area contributed by atoms with E-state index in [9.17, 15) is 0 Å². The van der Waals surface area contributed by atoms with E-state index < -0.39 is 0 Å².